The highest BCUT2D eigenvalue weighted by molar-refractivity contribution is 7.13. The van der Waals surface area contributed by atoms with Gasteiger partial charge in [0.25, 0.3) is 5.91 Å². The van der Waals surface area contributed by atoms with Gasteiger partial charge in [-0.05, 0) is 24.8 Å². The van der Waals surface area contributed by atoms with Crippen LogP contribution in [0.15, 0.2) is 41.4 Å². The molecule has 0 radical (unpaired) electrons. The summed E-state index contributed by atoms with van der Waals surface area (Å²) in [6, 6.07) is 2.65. The number of rotatable bonds is 7. The Morgan fingerprint density at radius 3 is 2.75 bits per heavy atom. The zero-order valence-electron chi connectivity index (χ0n) is 17.4. The van der Waals surface area contributed by atoms with Gasteiger partial charge in [0, 0.05) is 38.2 Å². The zero-order chi connectivity index (χ0) is 22.9. The van der Waals surface area contributed by atoms with Gasteiger partial charge in [-0.2, -0.15) is 0 Å². The molecule has 12 heteroatoms. The van der Waals surface area contributed by atoms with Crippen LogP contribution in [0.4, 0.5) is 19.9 Å². The molecule has 32 heavy (non-hydrogen) atoms. The lowest BCUT2D eigenvalue weighted by Crippen LogP contribution is -2.25. The summed E-state index contributed by atoms with van der Waals surface area (Å²) in [5.41, 5.74) is 2.04. The number of nitrogens with zero attached hydrogens (tertiary/aromatic N) is 3. The van der Waals surface area contributed by atoms with Gasteiger partial charge in [-0.15, -0.1) is 20.1 Å². The second kappa shape index (κ2) is 8.46. The first-order valence-corrected chi connectivity index (χ1v) is 10.4. The predicted octanol–water partition coefficient (Wildman–Crippen LogP) is 4.03. The van der Waals surface area contributed by atoms with Crippen LogP contribution in [0, 0.1) is 0 Å². The maximum atomic E-state index is 13.2. The van der Waals surface area contributed by atoms with Crippen LogP contribution < -0.4 is 20.1 Å². The second-order valence-electron chi connectivity index (χ2n) is 7.06. The summed E-state index contributed by atoms with van der Waals surface area (Å²) in [6.07, 6.45) is 2.22. The SMILES string of the molecule is C/C=C(\C=C/N(C)C)CNc1nc(C(=O)Nc2nc3cc4c(cc3[nH]2)OC(F)(F)O4)cs1. The number of halogens is 2. The van der Waals surface area contributed by atoms with Gasteiger partial charge in [-0.25, -0.2) is 9.97 Å². The van der Waals surface area contributed by atoms with E-state index < -0.39 is 12.2 Å². The molecule has 1 aliphatic rings. The highest BCUT2D eigenvalue weighted by Gasteiger charge is 2.43. The smallest absolute Gasteiger partial charge is 0.395 e. The van der Waals surface area contributed by atoms with Crippen molar-refractivity contribution in [2.24, 2.45) is 0 Å². The number of aromatic amines is 1. The van der Waals surface area contributed by atoms with Crippen molar-refractivity contribution in [2.45, 2.75) is 13.2 Å². The number of H-pyrrole nitrogens is 1. The van der Waals surface area contributed by atoms with Gasteiger partial charge in [-0.1, -0.05) is 6.08 Å². The normalized spacial score (nSPS) is 14.8. The Morgan fingerprint density at radius 2 is 2.03 bits per heavy atom. The number of benzene rings is 1. The predicted molar refractivity (Wildman–Crippen MR) is 117 cm³/mol. The minimum Gasteiger partial charge on any atom is -0.395 e. The van der Waals surface area contributed by atoms with Crippen LogP contribution in [0.3, 0.4) is 0 Å². The number of nitrogens with one attached hydrogen (secondary N) is 3. The fourth-order valence-electron chi connectivity index (χ4n) is 2.82. The van der Waals surface area contributed by atoms with Crippen molar-refractivity contribution in [2.75, 3.05) is 31.3 Å². The molecule has 168 valence electrons. The van der Waals surface area contributed by atoms with Crippen LogP contribution in [0.25, 0.3) is 11.0 Å². The third-order valence-corrected chi connectivity index (χ3v) is 5.17. The van der Waals surface area contributed by atoms with E-state index in [0.717, 1.165) is 5.57 Å². The number of thiazole rings is 1. The molecule has 2 aromatic heterocycles. The maximum absolute atomic E-state index is 13.2. The molecule has 3 N–H and O–H groups in total. The summed E-state index contributed by atoms with van der Waals surface area (Å²) in [4.78, 5) is 25.8. The van der Waals surface area contributed by atoms with Gasteiger partial charge in [0.1, 0.15) is 5.69 Å². The van der Waals surface area contributed by atoms with E-state index >= 15 is 0 Å². The minimum absolute atomic E-state index is 0.111. The summed E-state index contributed by atoms with van der Waals surface area (Å²) in [5.74, 6) is -0.546. The number of allylic oxidation sites excluding steroid dienone is 1. The molecule has 0 aliphatic carbocycles. The minimum atomic E-state index is -3.70. The van der Waals surface area contributed by atoms with E-state index in [-0.39, 0.29) is 23.1 Å². The molecule has 0 spiro atoms. The molecule has 0 bridgehead atoms. The van der Waals surface area contributed by atoms with E-state index in [1.807, 2.05) is 44.3 Å². The Balaban J connectivity index is 1.40. The number of amides is 1. The number of anilines is 2. The van der Waals surface area contributed by atoms with Gasteiger partial charge >= 0.3 is 6.29 Å². The Kier molecular flexibility index (Phi) is 5.70. The van der Waals surface area contributed by atoms with Crippen molar-refractivity contribution in [3.63, 3.8) is 0 Å². The highest BCUT2D eigenvalue weighted by Crippen LogP contribution is 2.42. The average molecular weight is 462 g/mol. The number of fused-ring (bicyclic) bond motifs is 2. The second-order valence-corrected chi connectivity index (χ2v) is 7.92. The summed E-state index contributed by atoms with van der Waals surface area (Å²) < 4.78 is 35.2. The summed E-state index contributed by atoms with van der Waals surface area (Å²) >= 11 is 1.31. The van der Waals surface area contributed by atoms with Crippen molar-refractivity contribution in [1.82, 2.24) is 19.9 Å². The standard InChI is InChI=1S/C20H20F2N6O3S/c1-4-11(5-6-28(2)3)9-23-19-26-14(10-32-19)17(29)27-18-24-12-7-15-16(8-13(12)25-18)31-20(21,22)30-15/h4-8,10H,9H2,1-3H3,(H,23,26)(H2,24,25,27,29)/b6-5-,11-4+. The number of carbonyl (C=O) groups is 1. The molecular weight excluding hydrogens is 442 g/mol. The number of hydrogen-bond acceptors (Lipinski definition) is 8. The number of alkyl halides is 2. The molecule has 0 saturated carbocycles. The molecule has 3 aromatic rings. The van der Waals surface area contributed by atoms with Crippen LogP contribution in [-0.4, -0.2) is 52.7 Å². The lowest BCUT2D eigenvalue weighted by Gasteiger charge is -2.06. The quantitative estimate of drug-likeness (QED) is 0.456. The van der Waals surface area contributed by atoms with E-state index in [2.05, 4.69) is 35.1 Å². The van der Waals surface area contributed by atoms with E-state index in [0.29, 0.717) is 22.7 Å². The van der Waals surface area contributed by atoms with E-state index in [1.54, 1.807) is 5.38 Å². The molecule has 1 aromatic carbocycles. The average Bonchev–Trinajstić information content (AvgIpc) is 3.40. The molecule has 0 fully saturated rings. The van der Waals surface area contributed by atoms with Crippen LogP contribution in [0.1, 0.15) is 17.4 Å². The molecule has 3 heterocycles. The van der Waals surface area contributed by atoms with Crippen molar-refractivity contribution in [1.29, 1.82) is 0 Å². The summed E-state index contributed by atoms with van der Waals surface area (Å²) in [5, 5.41) is 8.03. The zero-order valence-corrected chi connectivity index (χ0v) is 18.2. The largest absolute Gasteiger partial charge is 0.586 e. The number of carbonyl (C=O) groups excluding carboxylic acids is 1. The first kappa shape index (κ1) is 21.6. The van der Waals surface area contributed by atoms with Gasteiger partial charge in [0.2, 0.25) is 5.95 Å². The van der Waals surface area contributed by atoms with Crippen LogP contribution in [-0.2, 0) is 0 Å². The van der Waals surface area contributed by atoms with Crippen molar-refractivity contribution >= 4 is 39.4 Å². The molecule has 1 aliphatic heterocycles. The van der Waals surface area contributed by atoms with Crippen molar-refractivity contribution in [3.05, 3.63) is 47.1 Å². The number of ether oxygens (including phenoxy) is 2. The number of imidazole rings is 1. The topological polar surface area (TPSA) is 104 Å². The Morgan fingerprint density at radius 1 is 1.28 bits per heavy atom. The third kappa shape index (κ3) is 4.80. The fourth-order valence-corrected chi connectivity index (χ4v) is 3.51. The first-order chi connectivity index (χ1) is 15.2. The molecular formula is C20H20F2N6O3S. The van der Waals surface area contributed by atoms with Crippen LogP contribution >= 0.6 is 11.3 Å². The highest BCUT2D eigenvalue weighted by atomic mass is 32.1. The Bertz CT molecular complexity index is 1170. The lowest BCUT2D eigenvalue weighted by molar-refractivity contribution is -0.286. The van der Waals surface area contributed by atoms with Crippen LogP contribution in [0.5, 0.6) is 11.5 Å². The van der Waals surface area contributed by atoms with Crippen LogP contribution in [0.2, 0.25) is 0 Å². The van der Waals surface area contributed by atoms with E-state index in [4.69, 9.17) is 0 Å². The molecule has 0 atom stereocenters. The van der Waals surface area contributed by atoms with Gasteiger partial charge in [0.15, 0.2) is 16.6 Å². The first-order valence-electron chi connectivity index (χ1n) is 9.52. The van der Waals surface area contributed by atoms with E-state index in [9.17, 15) is 13.6 Å². The molecule has 9 nitrogen and oxygen atoms in total. The van der Waals surface area contributed by atoms with Crippen molar-refractivity contribution < 1.29 is 23.0 Å². The lowest BCUT2D eigenvalue weighted by atomic mass is 10.2. The van der Waals surface area contributed by atoms with Gasteiger partial charge in [-0.3, -0.25) is 10.1 Å². The fraction of sp³-hybridized carbons (Fsp3) is 0.250. The summed E-state index contributed by atoms with van der Waals surface area (Å²) in [7, 11) is 3.88. The number of aromatic nitrogens is 3. The Hall–Kier alpha value is -3.67. The summed E-state index contributed by atoms with van der Waals surface area (Å²) in [6.45, 7) is 2.51. The van der Waals surface area contributed by atoms with Gasteiger partial charge < -0.3 is 24.7 Å². The molecule has 4 rings (SSSR count). The Labute approximate surface area is 185 Å². The van der Waals surface area contributed by atoms with E-state index in [1.165, 1.54) is 23.5 Å². The molecule has 1 amide bonds. The van der Waals surface area contributed by atoms with Crippen molar-refractivity contribution in [3.8, 4) is 11.5 Å². The number of hydrogen-bond donors (Lipinski definition) is 3. The monoisotopic (exact) mass is 462 g/mol. The molecule has 0 unspecified atom stereocenters. The van der Waals surface area contributed by atoms with Gasteiger partial charge in [0.05, 0.1) is 11.0 Å². The molecule has 0 saturated heterocycles. The third-order valence-electron chi connectivity index (χ3n) is 4.37. The maximum Gasteiger partial charge on any atom is 0.586 e.